The molecule has 0 aliphatic heterocycles. The van der Waals surface area contributed by atoms with Gasteiger partial charge in [-0.25, -0.2) is 4.99 Å². The van der Waals surface area contributed by atoms with Gasteiger partial charge in [0, 0.05) is 11.6 Å². The zero-order valence-electron chi connectivity index (χ0n) is 18.1. The van der Waals surface area contributed by atoms with E-state index in [1.807, 2.05) is 12.2 Å². The van der Waals surface area contributed by atoms with Crippen LogP contribution in [0.2, 0.25) is 0 Å². The van der Waals surface area contributed by atoms with Crippen molar-refractivity contribution < 1.29 is 0 Å². The smallest absolute Gasteiger partial charge is 0.0714 e. The van der Waals surface area contributed by atoms with E-state index < -0.39 is 0 Å². The summed E-state index contributed by atoms with van der Waals surface area (Å²) in [4.78, 5) is 9.66. The fraction of sp³-hybridized carbons (Fsp3) is 0.480. The average Bonchev–Trinajstić information content (AvgIpc) is 2.84. The Morgan fingerprint density at radius 1 is 0.889 bits per heavy atom. The van der Waals surface area contributed by atoms with Gasteiger partial charge in [0.15, 0.2) is 0 Å². The first-order valence-corrected chi connectivity index (χ1v) is 10.1. The molecular formula is C25H34N2. The summed E-state index contributed by atoms with van der Waals surface area (Å²) in [6, 6.07) is 8.66. The lowest BCUT2D eigenvalue weighted by molar-refractivity contribution is 0.439. The highest BCUT2D eigenvalue weighted by Gasteiger charge is 2.21. The number of benzene rings is 1. The number of allylic oxidation sites excluding steroid dienone is 3. The Labute approximate surface area is 165 Å². The first-order valence-electron chi connectivity index (χ1n) is 10.1. The van der Waals surface area contributed by atoms with Crippen molar-refractivity contribution in [3.05, 3.63) is 59.4 Å². The highest BCUT2D eigenvalue weighted by molar-refractivity contribution is 6.16. The summed E-state index contributed by atoms with van der Waals surface area (Å²) in [5.74, 6) is 0. The quantitative estimate of drug-likeness (QED) is 0.481. The molecule has 1 aliphatic rings. The number of nitrogens with zero attached hydrogens (tertiary/aromatic N) is 2. The summed E-state index contributed by atoms with van der Waals surface area (Å²) in [5.41, 5.74) is 8.80. The molecule has 0 amide bonds. The Morgan fingerprint density at radius 3 is 2.07 bits per heavy atom. The third-order valence-electron chi connectivity index (χ3n) is 5.90. The van der Waals surface area contributed by atoms with E-state index in [9.17, 15) is 0 Å². The van der Waals surface area contributed by atoms with Gasteiger partial charge in [-0.15, -0.1) is 5.73 Å². The van der Waals surface area contributed by atoms with Crippen LogP contribution in [0.5, 0.6) is 0 Å². The van der Waals surface area contributed by atoms with Crippen molar-refractivity contribution in [1.82, 2.24) is 0 Å². The van der Waals surface area contributed by atoms with Crippen LogP contribution in [-0.4, -0.2) is 17.0 Å². The molecule has 0 aromatic heterocycles. The van der Waals surface area contributed by atoms with Crippen LogP contribution in [0.25, 0.3) is 0 Å². The van der Waals surface area contributed by atoms with Crippen molar-refractivity contribution in [2.24, 2.45) is 9.98 Å². The standard InChI is InChI=1S/C25H34N2/c1-8-24(5,6)27-23-18-17-21(14-11-19(23)4)26-22-15-12-20(13-16-22)25(7,9-2)10-3/h12-18H,8-10H2,1-7H3. The van der Waals surface area contributed by atoms with Gasteiger partial charge in [0.2, 0.25) is 0 Å². The van der Waals surface area contributed by atoms with Gasteiger partial charge in [-0.05, 0) is 75.3 Å². The van der Waals surface area contributed by atoms with E-state index in [1.54, 1.807) is 0 Å². The fourth-order valence-corrected chi connectivity index (χ4v) is 2.94. The lowest BCUT2D eigenvalue weighted by atomic mass is 9.78. The van der Waals surface area contributed by atoms with Crippen LogP contribution in [-0.2, 0) is 5.41 Å². The van der Waals surface area contributed by atoms with Crippen LogP contribution in [0.3, 0.4) is 0 Å². The van der Waals surface area contributed by atoms with Gasteiger partial charge >= 0.3 is 0 Å². The maximum Gasteiger partial charge on any atom is 0.0714 e. The second-order valence-electron chi connectivity index (χ2n) is 8.26. The molecule has 0 bridgehead atoms. The minimum absolute atomic E-state index is 0.0642. The van der Waals surface area contributed by atoms with Gasteiger partial charge in [-0.2, -0.15) is 0 Å². The maximum absolute atomic E-state index is 4.88. The SMILES string of the molecule is CCC(C)(C)N=C1C=CC(=Nc2ccc(C(C)(CC)CC)cc2)C=C=C1C. The van der Waals surface area contributed by atoms with Gasteiger partial charge < -0.3 is 0 Å². The predicted octanol–water partition coefficient (Wildman–Crippen LogP) is 7.14. The molecular weight excluding hydrogens is 328 g/mol. The minimum Gasteiger partial charge on any atom is -0.278 e. The largest absolute Gasteiger partial charge is 0.278 e. The van der Waals surface area contributed by atoms with Crippen LogP contribution in [0, 0.1) is 0 Å². The zero-order chi connectivity index (χ0) is 20.1. The van der Waals surface area contributed by atoms with Gasteiger partial charge in [0.1, 0.15) is 0 Å². The number of hydrogen-bond acceptors (Lipinski definition) is 2. The molecule has 1 aromatic rings. The molecule has 2 rings (SSSR count). The van der Waals surface area contributed by atoms with E-state index >= 15 is 0 Å². The monoisotopic (exact) mass is 362 g/mol. The topological polar surface area (TPSA) is 24.7 Å². The van der Waals surface area contributed by atoms with Crippen LogP contribution in [0.4, 0.5) is 5.69 Å². The summed E-state index contributed by atoms with van der Waals surface area (Å²) in [7, 11) is 0. The number of hydrogen-bond donors (Lipinski definition) is 0. The van der Waals surface area contributed by atoms with E-state index in [0.29, 0.717) is 0 Å². The Bertz CT molecular complexity index is 806. The molecule has 0 saturated carbocycles. The third-order valence-corrected chi connectivity index (χ3v) is 5.90. The lowest BCUT2D eigenvalue weighted by Gasteiger charge is -2.27. The van der Waals surface area contributed by atoms with Crippen molar-refractivity contribution in [3.63, 3.8) is 0 Å². The van der Waals surface area contributed by atoms with Crippen molar-refractivity contribution in [1.29, 1.82) is 0 Å². The van der Waals surface area contributed by atoms with E-state index in [1.165, 1.54) is 5.56 Å². The van der Waals surface area contributed by atoms with Gasteiger partial charge in [-0.3, -0.25) is 4.99 Å². The predicted molar refractivity (Wildman–Crippen MR) is 120 cm³/mol. The molecule has 0 heterocycles. The molecule has 0 atom stereocenters. The molecule has 144 valence electrons. The van der Waals surface area contributed by atoms with Crippen molar-refractivity contribution in [2.45, 2.75) is 78.7 Å². The summed E-state index contributed by atoms with van der Waals surface area (Å²) >= 11 is 0. The average molecular weight is 363 g/mol. The molecule has 2 heteroatoms. The lowest BCUT2D eigenvalue weighted by Crippen LogP contribution is -2.19. The molecule has 27 heavy (non-hydrogen) atoms. The van der Waals surface area contributed by atoms with Crippen molar-refractivity contribution in [2.75, 3.05) is 0 Å². The Morgan fingerprint density at radius 2 is 1.52 bits per heavy atom. The van der Waals surface area contributed by atoms with Crippen molar-refractivity contribution >= 4 is 17.1 Å². The molecule has 0 saturated heterocycles. The molecule has 0 N–H and O–H groups in total. The number of rotatable bonds is 6. The second kappa shape index (κ2) is 8.67. The second-order valence-corrected chi connectivity index (χ2v) is 8.26. The van der Waals surface area contributed by atoms with Crippen LogP contribution < -0.4 is 0 Å². The van der Waals surface area contributed by atoms with E-state index in [0.717, 1.165) is 41.9 Å². The molecule has 0 unspecified atom stereocenters. The van der Waals surface area contributed by atoms with Crippen LogP contribution in [0.1, 0.15) is 73.3 Å². The van der Waals surface area contributed by atoms with Crippen LogP contribution in [0.15, 0.2) is 63.8 Å². The van der Waals surface area contributed by atoms with E-state index in [2.05, 4.69) is 84.5 Å². The minimum atomic E-state index is -0.0642. The van der Waals surface area contributed by atoms with E-state index in [-0.39, 0.29) is 11.0 Å². The van der Waals surface area contributed by atoms with Gasteiger partial charge in [0.05, 0.1) is 22.6 Å². The highest BCUT2D eigenvalue weighted by Crippen LogP contribution is 2.32. The molecule has 1 aliphatic carbocycles. The third kappa shape index (κ3) is 5.40. The molecule has 2 nitrogen and oxygen atoms in total. The maximum atomic E-state index is 4.88. The first-order chi connectivity index (χ1) is 12.7. The normalized spacial score (nSPS) is 18.1. The summed E-state index contributed by atoms with van der Waals surface area (Å²) in [6.07, 6.45) is 9.32. The molecule has 0 spiro atoms. The van der Waals surface area contributed by atoms with Crippen LogP contribution >= 0.6 is 0 Å². The number of aliphatic imine (C=N–C) groups is 2. The Kier molecular flexibility index (Phi) is 6.78. The summed E-state index contributed by atoms with van der Waals surface area (Å²) < 4.78 is 0. The fourth-order valence-electron chi connectivity index (χ4n) is 2.94. The molecule has 0 radical (unpaired) electrons. The van der Waals surface area contributed by atoms with Gasteiger partial charge in [0.25, 0.3) is 0 Å². The first kappa shape index (κ1) is 21.1. The summed E-state index contributed by atoms with van der Waals surface area (Å²) in [5, 5.41) is 0. The Hall–Kier alpha value is -2.18. The summed E-state index contributed by atoms with van der Waals surface area (Å²) in [6.45, 7) is 15.4. The zero-order valence-corrected chi connectivity index (χ0v) is 18.1. The molecule has 0 fully saturated rings. The molecule has 1 aromatic carbocycles. The highest BCUT2D eigenvalue weighted by atomic mass is 14.8. The van der Waals surface area contributed by atoms with Crippen molar-refractivity contribution in [3.8, 4) is 0 Å². The Balaban J connectivity index is 2.30. The van der Waals surface area contributed by atoms with E-state index in [4.69, 9.17) is 9.98 Å². The van der Waals surface area contributed by atoms with Gasteiger partial charge in [-0.1, -0.05) is 39.8 Å².